The van der Waals surface area contributed by atoms with Gasteiger partial charge in [-0.05, 0) is 29.3 Å². The molecule has 1 atom stereocenters. The van der Waals surface area contributed by atoms with Gasteiger partial charge in [-0.3, -0.25) is 4.90 Å². The van der Waals surface area contributed by atoms with E-state index in [2.05, 4.69) is 16.3 Å². The molecule has 0 bridgehead atoms. The standard InChI is InChI=1S/C18H21ClN2O2.ClH/c1-23-18-7-6-13(10-17(18)22)12-21-9-8-20-11-16(21)14-4-2-3-5-15(14)19;/h2-7,10,16,20,22H,8-9,11-12H2,1H3;1H. The van der Waals surface area contributed by atoms with E-state index >= 15 is 0 Å². The fraction of sp³-hybridized carbons (Fsp3) is 0.333. The maximum absolute atomic E-state index is 9.97. The van der Waals surface area contributed by atoms with Crippen LogP contribution < -0.4 is 10.1 Å². The van der Waals surface area contributed by atoms with E-state index in [0.29, 0.717) is 5.75 Å². The van der Waals surface area contributed by atoms with Crippen molar-refractivity contribution >= 4 is 24.0 Å². The van der Waals surface area contributed by atoms with E-state index in [1.54, 1.807) is 19.2 Å². The molecule has 2 N–H and O–H groups in total. The molecule has 0 aliphatic carbocycles. The number of piperazine rings is 1. The Labute approximate surface area is 153 Å². The van der Waals surface area contributed by atoms with Crippen molar-refractivity contribution in [3.63, 3.8) is 0 Å². The molecule has 6 heteroatoms. The van der Waals surface area contributed by atoms with Crippen LogP contribution in [0.25, 0.3) is 0 Å². The highest BCUT2D eigenvalue weighted by Crippen LogP contribution is 2.31. The summed E-state index contributed by atoms with van der Waals surface area (Å²) in [5.74, 6) is 0.672. The Balaban J connectivity index is 0.00000208. The van der Waals surface area contributed by atoms with Gasteiger partial charge in [0.2, 0.25) is 0 Å². The molecule has 0 saturated carbocycles. The summed E-state index contributed by atoms with van der Waals surface area (Å²) in [6, 6.07) is 13.8. The molecule has 1 aliphatic rings. The molecule has 0 radical (unpaired) electrons. The van der Waals surface area contributed by atoms with Crippen molar-refractivity contribution in [1.82, 2.24) is 10.2 Å². The first-order chi connectivity index (χ1) is 11.2. The molecule has 130 valence electrons. The summed E-state index contributed by atoms with van der Waals surface area (Å²) in [7, 11) is 1.55. The molecule has 2 aromatic carbocycles. The zero-order valence-corrected chi connectivity index (χ0v) is 15.1. The molecular weight excluding hydrogens is 347 g/mol. The van der Waals surface area contributed by atoms with E-state index in [9.17, 15) is 5.11 Å². The summed E-state index contributed by atoms with van der Waals surface area (Å²) in [4.78, 5) is 2.39. The van der Waals surface area contributed by atoms with Gasteiger partial charge in [0.05, 0.1) is 7.11 Å². The number of phenols is 1. The largest absolute Gasteiger partial charge is 0.504 e. The van der Waals surface area contributed by atoms with Crippen LogP contribution in [0.15, 0.2) is 42.5 Å². The molecule has 1 aliphatic heterocycles. The van der Waals surface area contributed by atoms with Crippen LogP contribution in [0.5, 0.6) is 11.5 Å². The number of nitrogens with zero attached hydrogens (tertiary/aromatic N) is 1. The number of phenolic OH excluding ortho intramolecular Hbond substituents is 1. The third-order valence-electron chi connectivity index (χ3n) is 4.25. The lowest BCUT2D eigenvalue weighted by molar-refractivity contribution is 0.153. The average molecular weight is 369 g/mol. The van der Waals surface area contributed by atoms with Crippen molar-refractivity contribution in [3.05, 3.63) is 58.6 Å². The first kappa shape index (κ1) is 18.9. The van der Waals surface area contributed by atoms with E-state index in [0.717, 1.165) is 42.3 Å². The van der Waals surface area contributed by atoms with Gasteiger partial charge in [-0.1, -0.05) is 35.9 Å². The summed E-state index contributed by atoms with van der Waals surface area (Å²) in [5, 5.41) is 14.2. The van der Waals surface area contributed by atoms with Crippen molar-refractivity contribution in [2.75, 3.05) is 26.7 Å². The normalized spacial score (nSPS) is 18.0. The summed E-state index contributed by atoms with van der Waals surface area (Å²) < 4.78 is 5.11. The SMILES string of the molecule is COc1ccc(CN2CCNCC2c2ccccc2Cl)cc1O.Cl. The van der Waals surface area contributed by atoms with Crippen LogP contribution in [0.1, 0.15) is 17.2 Å². The van der Waals surface area contributed by atoms with Crippen LogP contribution in [0.4, 0.5) is 0 Å². The predicted octanol–water partition coefficient (Wildman–Crippen LogP) is 3.62. The van der Waals surface area contributed by atoms with Crippen LogP contribution in [0.3, 0.4) is 0 Å². The Kier molecular flexibility index (Phi) is 6.75. The van der Waals surface area contributed by atoms with Crippen molar-refractivity contribution in [3.8, 4) is 11.5 Å². The summed E-state index contributed by atoms with van der Waals surface area (Å²) in [5.41, 5.74) is 2.20. The number of methoxy groups -OCH3 is 1. The van der Waals surface area contributed by atoms with Crippen LogP contribution >= 0.6 is 24.0 Å². The van der Waals surface area contributed by atoms with Crippen molar-refractivity contribution in [2.45, 2.75) is 12.6 Å². The molecule has 24 heavy (non-hydrogen) atoms. The predicted molar refractivity (Wildman–Crippen MR) is 99.4 cm³/mol. The van der Waals surface area contributed by atoms with Gasteiger partial charge in [0, 0.05) is 37.2 Å². The summed E-state index contributed by atoms with van der Waals surface area (Å²) in [6.07, 6.45) is 0. The highest BCUT2D eigenvalue weighted by Gasteiger charge is 2.25. The Hall–Kier alpha value is -1.46. The van der Waals surface area contributed by atoms with Gasteiger partial charge in [0.25, 0.3) is 0 Å². The van der Waals surface area contributed by atoms with E-state index < -0.39 is 0 Å². The number of nitrogens with one attached hydrogen (secondary N) is 1. The molecule has 1 saturated heterocycles. The second-order valence-corrected chi connectivity index (χ2v) is 6.13. The highest BCUT2D eigenvalue weighted by molar-refractivity contribution is 6.31. The van der Waals surface area contributed by atoms with Gasteiger partial charge in [-0.25, -0.2) is 0 Å². The molecule has 0 aromatic heterocycles. The minimum atomic E-state index is 0. The topological polar surface area (TPSA) is 44.7 Å². The van der Waals surface area contributed by atoms with E-state index in [1.165, 1.54) is 0 Å². The minimum absolute atomic E-state index is 0. The molecule has 1 fully saturated rings. The first-order valence-corrected chi connectivity index (χ1v) is 8.12. The fourth-order valence-corrected chi connectivity index (χ4v) is 3.32. The monoisotopic (exact) mass is 368 g/mol. The van der Waals surface area contributed by atoms with Crippen LogP contribution in [0.2, 0.25) is 5.02 Å². The Morgan fingerprint density at radius 2 is 2.08 bits per heavy atom. The van der Waals surface area contributed by atoms with Crippen molar-refractivity contribution in [1.29, 1.82) is 0 Å². The van der Waals surface area contributed by atoms with Gasteiger partial charge < -0.3 is 15.2 Å². The van der Waals surface area contributed by atoms with E-state index in [4.69, 9.17) is 16.3 Å². The average Bonchev–Trinajstić information content (AvgIpc) is 2.56. The number of hydrogen-bond acceptors (Lipinski definition) is 4. The summed E-state index contributed by atoms with van der Waals surface area (Å²) >= 11 is 6.38. The Morgan fingerprint density at radius 1 is 1.29 bits per heavy atom. The quantitative estimate of drug-likeness (QED) is 0.864. The zero-order chi connectivity index (χ0) is 16.2. The van der Waals surface area contributed by atoms with Gasteiger partial charge in [0.1, 0.15) is 0 Å². The molecule has 2 aromatic rings. The lowest BCUT2D eigenvalue weighted by Gasteiger charge is -2.37. The van der Waals surface area contributed by atoms with Gasteiger partial charge in [-0.2, -0.15) is 0 Å². The molecule has 0 spiro atoms. The zero-order valence-electron chi connectivity index (χ0n) is 13.5. The Bertz CT molecular complexity index is 682. The summed E-state index contributed by atoms with van der Waals surface area (Å²) in [6.45, 7) is 3.51. The molecule has 1 heterocycles. The lowest BCUT2D eigenvalue weighted by Crippen LogP contribution is -2.45. The molecule has 0 amide bonds. The number of benzene rings is 2. The number of rotatable bonds is 4. The van der Waals surface area contributed by atoms with Gasteiger partial charge in [-0.15, -0.1) is 12.4 Å². The second-order valence-electron chi connectivity index (χ2n) is 5.72. The van der Waals surface area contributed by atoms with E-state index in [-0.39, 0.29) is 24.2 Å². The van der Waals surface area contributed by atoms with Crippen LogP contribution in [-0.4, -0.2) is 36.8 Å². The third-order valence-corrected chi connectivity index (χ3v) is 4.59. The van der Waals surface area contributed by atoms with Gasteiger partial charge in [0.15, 0.2) is 11.5 Å². The maximum atomic E-state index is 9.97. The molecule has 1 unspecified atom stereocenters. The smallest absolute Gasteiger partial charge is 0.160 e. The van der Waals surface area contributed by atoms with Crippen LogP contribution in [0, 0.1) is 0 Å². The minimum Gasteiger partial charge on any atom is -0.504 e. The maximum Gasteiger partial charge on any atom is 0.160 e. The van der Waals surface area contributed by atoms with Crippen molar-refractivity contribution in [2.24, 2.45) is 0 Å². The number of hydrogen-bond donors (Lipinski definition) is 2. The fourth-order valence-electron chi connectivity index (χ4n) is 3.06. The first-order valence-electron chi connectivity index (χ1n) is 7.74. The van der Waals surface area contributed by atoms with E-state index in [1.807, 2.05) is 24.3 Å². The highest BCUT2D eigenvalue weighted by atomic mass is 35.5. The second kappa shape index (κ2) is 8.58. The third kappa shape index (κ3) is 4.14. The number of ether oxygens (including phenoxy) is 1. The molecule has 3 rings (SSSR count). The van der Waals surface area contributed by atoms with Crippen molar-refractivity contribution < 1.29 is 9.84 Å². The number of aromatic hydroxyl groups is 1. The van der Waals surface area contributed by atoms with Crippen LogP contribution in [-0.2, 0) is 6.54 Å². The Morgan fingerprint density at radius 3 is 2.79 bits per heavy atom. The molecule has 4 nitrogen and oxygen atoms in total. The number of halogens is 2. The lowest BCUT2D eigenvalue weighted by atomic mass is 10.0. The van der Waals surface area contributed by atoms with Gasteiger partial charge >= 0.3 is 0 Å². The molecular formula is C18H22Cl2N2O2.